The summed E-state index contributed by atoms with van der Waals surface area (Å²) in [4.78, 5) is 24.3. The van der Waals surface area contributed by atoms with Gasteiger partial charge in [-0.25, -0.2) is 4.79 Å². The number of esters is 1. The molecule has 0 aliphatic heterocycles. The van der Waals surface area contributed by atoms with Gasteiger partial charge in [0.1, 0.15) is 11.3 Å². The van der Waals surface area contributed by atoms with Gasteiger partial charge in [0.25, 0.3) is 5.91 Å². The molecule has 1 rings (SSSR count). The maximum atomic E-state index is 12.4. The summed E-state index contributed by atoms with van der Waals surface area (Å²) < 4.78 is 5.12. The fourth-order valence-electron chi connectivity index (χ4n) is 2.58. The standard InChI is InChI=1S/C20H31NO4/c1-7-15(8-2)21-18(22)11-25-20(24)17-10-14(12(3)4)9-16(13(5)6)19(17)23/h9-10,12-13,15,23H,7-8,11H2,1-6H3,(H,21,22). The number of nitrogens with one attached hydrogen (secondary N) is 1. The van der Waals surface area contributed by atoms with Crippen molar-refractivity contribution < 1.29 is 19.4 Å². The van der Waals surface area contributed by atoms with E-state index in [1.807, 2.05) is 47.6 Å². The molecule has 2 N–H and O–H groups in total. The maximum Gasteiger partial charge on any atom is 0.342 e. The molecular weight excluding hydrogens is 318 g/mol. The van der Waals surface area contributed by atoms with Crippen LogP contribution < -0.4 is 5.32 Å². The van der Waals surface area contributed by atoms with Crippen molar-refractivity contribution in [1.29, 1.82) is 0 Å². The summed E-state index contributed by atoms with van der Waals surface area (Å²) in [6.45, 7) is 11.6. The molecule has 0 heterocycles. The van der Waals surface area contributed by atoms with Crippen molar-refractivity contribution in [1.82, 2.24) is 5.32 Å². The SMILES string of the molecule is CCC(CC)NC(=O)COC(=O)c1cc(C(C)C)cc(C(C)C)c1O. The van der Waals surface area contributed by atoms with Crippen LogP contribution in [0.4, 0.5) is 0 Å². The fourth-order valence-corrected chi connectivity index (χ4v) is 2.58. The molecule has 0 atom stereocenters. The number of ether oxygens (including phenoxy) is 1. The van der Waals surface area contributed by atoms with Gasteiger partial charge in [0.15, 0.2) is 6.61 Å². The Kier molecular flexibility index (Phi) is 7.94. The number of hydrogen-bond acceptors (Lipinski definition) is 4. The molecule has 0 aliphatic rings. The third-order valence-corrected chi connectivity index (χ3v) is 4.36. The number of carbonyl (C=O) groups excluding carboxylic acids is 2. The first-order valence-electron chi connectivity index (χ1n) is 9.04. The Labute approximate surface area is 150 Å². The second-order valence-electron chi connectivity index (χ2n) is 6.97. The fraction of sp³-hybridized carbons (Fsp3) is 0.600. The van der Waals surface area contributed by atoms with Crippen LogP contribution >= 0.6 is 0 Å². The van der Waals surface area contributed by atoms with Gasteiger partial charge in [-0.05, 0) is 41.9 Å². The highest BCUT2D eigenvalue weighted by Crippen LogP contribution is 2.33. The molecule has 25 heavy (non-hydrogen) atoms. The first-order chi connectivity index (χ1) is 11.7. The molecule has 140 valence electrons. The van der Waals surface area contributed by atoms with Crippen molar-refractivity contribution in [3.63, 3.8) is 0 Å². The number of benzene rings is 1. The second-order valence-corrected chi connectivity index (χ2v) is 6.97. The third-order valence-electron chi connectivity index (χ3n) is 4.36. The zero-order chi connectivity index (χ0) is 19.1. The molecule has 1 aromatic rings. The van der Waals surface area contributed by atoms with Gasteiger partial charge in [0.05, 0.1) is 0 Å². The van der Waals surface area contributed by atoms with Crippen LogP contribution in [-0.4, -0.2) is 29.6 Å². The minimum atomic E-state index is -0.679. The quantitative estimate of drug-likeness (QED) is 0.693. The van der Waals surface area contributed by atoms with Gasteiger partial charge in [0, 0.05) is 6.04 Å². The first kappa shape index (κ1) is 21.0. The summed E-state index contributed by atoms with van der Waals surface area (Å²) in [7, 11) is 0. The van der Waals surface area contributed by atoms with Crippen LogP contribution in [0.3, 0.4) is 0 Å². The van der Waals surface area contributed by atoms with E-state index in [2.05, 4.69) is 5.32 Å². The van der Waals surface area contributed by atoms with E-state index in [1.54, 1.807) is 6.07 Å². The average Bonchev–Trinajstić information content (AvgIpc) is 2.57. The van der Waals surface area contributed by atoms with E-state index in [9.17, 15) is 14.7 Å². The van der Waals surface area contributed by atoms with E-state index in [4.69, 9.17) is 4.74 Å². The zero-order valence-corrected chi connectivity index (χ0v) is 16.2. The van der Waals surface area contributed by atoms with Gasteiger partial charge in [-0.1, -0.05) is 47.6 Å². The largest absolute Gasteiger partial charge is 0.507 e. The minimum Gasteiger partial charge on any atom is -0.507 e. The zero-order valence-electron chi connectivity index (χ0n) is 16.2. The molecule has 0 aliphatic carbocycles. The normalized spacial score (nSPS) is 11.2. The van der Waals surface area contributed by atoms with Crippen LogP contribution in [0.2, 0.25) is 0 Å². The summed E-state index contributed by atoms with van der Waals surface area (Å²) in [5.74, 6) is -0.789. The van der Waals surface area contributed by atoms with Crippen molar-refractivity contribution in [2.45, 2.75) is 72.3 Å². The molecule has 5 heteroatoms. The summed E-state index contributed by atoms with van der Waals surface area (Å²) >= 11 is 0. The highest BCUT2D eigenvalue weighted by molar-refractivity contribution is 5.94. The predicted octanol–water partition coefficient (Wildman–Crippen LogP) is 4.10. The molecule has 0 saturated carbocycles. The Morgan fingerprint density at radius 3 is 2.16 bits per heavy atom. The average molecular weight is 349 g/mol. The van der Waals surface area contributed by atoms with Crippen molar-refractivity contribution >= 4 is 11.9 Å². The lowest BCUT2D eigenvalue weighted by atomic mass is 9.92. The molecule has 0 saturated heterocycles. The highest BCUT2D eigenvalue weighted by Gasteiger charge is 2.21. The lowest BCUT2D eigenvalue weighted by molar-refractivity contribution is -0.125. The van der Waals surface area contributed by atoms with Crippen LogP contribution in [0, 0.1) is 0 Å². The first-order valence-corrected chi connectivity index (χ1v) is 9.04. The molecule has 1 amide bonds. The van der Waals surface area contributed by atoms with Gasteiger partial charge >= 0.3 is 5.97 Å². The topological polar surface area (TPSA) is 75.6 Å². The highest BCUT2D eigenvalue weighted by atomic mass is 16.5. The lowest BCUT2D eigenvalue weighted by Crippen LogP contribution is -2.36. The number of phenols is 1. The van der Waals surface area contributed by atoms with Gasteiger partial charge < -0.3 is 15.2 Å². The lowest BCUT2D eigenvalue weighted by Gasteiger charge is -2.17. The van der Waals surface area contributed by atoms with Crippen molar-refractivity contribution in [2.24, 2.45) is 0 Å². The molecular formula is C20H31NO4. The second kappa shape index (κ2) is 9.44. The molecule has 0 fully saturated rings. The van der Waals surface area contributed by atoms with E-state index in [0.29, 0.717) is 5.56 Å². The summed E-state index contributed by atoms with van der Waals surface area (Å²) in [5, 5.41) is 13.2. The molecule has 0 spiro atoms. The van der Waals surface area contributed by atoms with Crippen molar-refractivity contribution in [3.05, 3.63) is 28.8 Å². The van der Waals surface area contributed by atoms with E-state index in [0.717, 1.165) is 18.4 Å². The number of carbonyl (C=O) groups is 2. The molecule has 0 unspecified atom stereocenters. The maximum absolute atomic E-state index is 12.4. The van der Waals surface area contributed by atoms with E-state index in [1.165, 1.54) is 0 Å². The van der Waals surface area contributed by atoms with Crippen LogP contribution in [-0.2, 0) is 9.53 Å². The van der Waals surface area contributed by atoms with Crippen LogP contribution in [0.15, 0.2) is 12.1 Å². The Bertz CT molecular complexity index is 604. The molecule has 0 aromatic heterocycles. The number of amides is 1. The Balaban J connectivity index is 2.92. The third kappa shape index (κ3) is 5.76. The van der Waals surface area contributed by atoms with E-state index >= 15 is 0 Å². The predicted molar refractivity (Wildman–Crippen MR) is 99.1 cm³/mol. The Morgan fingerprint density at radius 1 is 1.08 bits per heavy atom. The Hall–Kier alpha value is -2.04. The molecule has 5 nitrogen and oxygen atoms in total. The summed E-state index contributed by atoms with van der Waals surface area (Å²) in [6.07, 6.45) is 1.65. The summed E-state index contributed by atoms with van der Waals surface area (Å²) in [6, 6.07) is 3.64. The number of aromatic hydroxyl groups is 1. The Morgan fingerprint density at radius 2 is 1.68 bits per heavy atom. The van der Waals surface area contributed by atoms with Crippen LogP contribution in [0.5, 0.6) is 5.75 Å². The molecule has 0 bridgehead atoms. The van der Waals surface area contributed by atoms with Gasteiger partial charge in [-0.3, -0.25) is 4.79 Å². The van der Waals surface area contributed by atoms with Gasteiger partial charge in [-0.2, -0.15) is 0 Å². The van der Waals surface area contributed by atoms with E-state index in [-0.39, 0.29) is 41.7 Å². The summed E-state index contributed by atoms with van der Waals surface area (Å²) in [5.41, 5.74) is 1.78. The number of rotatable bonds is 8. The number of hydrogen-bond donors (Lipinski definition) is 2. The van der Waals surface area contributed by atoms with Gasteiger partial charge in [0.2, 0.25) is 0 Å². The number of phenolic OH excluding ortho intramolecular Hbond substituents is 1. The van der Waals surface area contributed by atoms with Gasteiger partial charge in [-0.15, -0.1) is 0 Å². The monoisotopic (exact) mass is 349 g/mol. The minimum absolute atomic E-state index is 0.0650. The van der Waals surface area contributed by atoms with Crippen LogP contribution in [0.25, 0.3) is 0 Å². The van der Waals surface area contributed by atoms with E-state index < -0.39 is 5.97 Å². The molecule has 0 radical (unpaired) electrons. The van der Waals surface area contributed by atoms with Crippen molar-refractivity contribution in [3.8, 4) is 5.75 Å². The van der Waals surface area contributed by atoms with Crippen LogP contribution in [0.1, 0.15) is 87.7 Å². The van der Waals surface area contributed by atoms with Crippen molar-refractivity contribution in [2.75, 3.05) is 6.61 Å². The molecule has 1 aromatic carbocycles. The smallest absolute Gasteiger partial charge is 0.342 e.